The fourth-order valence-electron chi connectivity index (χ4n) is 5.21. The van der Waals surface area contributed by atoms with Gasteiger partial charge in [0.05, 0.1) is 15.8 Å². The molecule has 0 saturated carbocycles. The predicted octanol–water partition coefficient (Wildman–Crippen LogP) is 4.52. The van der Waals surface area contributed by atoms with E-state index in [2.05, 4.69) is 76.2 Å². The van der Waals surface area contributed by atoms with Crippen LogP contribution in [0.1, 0.15) is 25.1 Å². The molecule has 6 nitrogen and oxygen atoms in total. The smallest absolute Gasteiger partial charge is 0.256 e. The molecule has 1 amide bonds. The van der Waals surface area contributed by atoms with E-state index in [1.165, 1.54) is 16.6 Å². The molecule has 0 bridgehead atoms. The average Bonchev–Trinajstić information content (AvgIpc) is 3.16. The number of benzene rings is 2. The lowest BCUT2D eigenvalue weighted by molar-refractivity contribution is -0.113. The lowest BCUT2D eigenvalue weighted by Gasteiger charge is -2.36. The molecule has 1 aromatic heterocycles. The highest BCUT2D eigenvalue weighted by Gasteiger charge is 2.30. The first-order valence-electron chi connectivity index (χ1n) is 12.3. The van der Waals surface area contributed by atoms with Crippen molar-refractivity contribution in [3.8, 4) is 0 Å². The number of anilines is 2. The van der Waals surface area contributed by atoms with Crippen molar-refractivity contribution >= 4 is 39.9 Å². The van der Waals surface area contributed by atoms with E-state index in [0.717, 1.165) is 61.7 Å². The van der Waals surface area contributed by atoms with E-state index in [9.17, 15) is 4.79 Å². The average molecular weight is 488 g/mol. The molecule has 182 valence electrons. The molecular formula is C28H33N5OS. The Morgan fingerprint density at radius 1 is 1.06 bits per heavy atom. The zero-order valence-corrected chi connectivity index (χ0v) is 21.5. The Bertz CT molecular complexity index is 1280. The Kier molecular flexibility index (Phi) is 6.71. The fourth-order valence-corrected chi connectivity index (χ4v) is 6.32. The van der Waals surface area contributed by atoms with Crippen LogP contribution in [0.2, 0.25) is 0 Å². The van der Waals surface area contributed by atoms with Crippen molar-refractivity contribution < 1.29 is 4.79 Å². The van der Waals surface area contributed by atoms with Crippen LogP contribution < -0.4 is 15.5 Å². The standard InChI is InChI=1S/C28H33N5OS/c1-19-10-11-24-25(30-19)8-5-9-26(24)32-16-14-31(15-17-32)13-12-22-6-4-7-23(18-22)33-20(2)27(28(29)34)35-21(33)3/h4-11,18,21H,12-17H2,1-3H3,(H2,29,34). The predicted molar refractivity (Wildman–Crippen MR) is 147 cm³/mol. The van der Waals surface area contributed by atoms with Crippen molar-refractivity contribution in [1.29, 1.82) is 0 Å². The molecular weight excluding hydrogens is 454 g/mol. The van der Waals surface area contributed by atoms with Gasteiger partial charge in [-0.3, -0.25) is 14.7 Å². The molecule has 1 unspecified atom stereocenters. The second kappa shape index (κ2) is 9.91. The third kappa shape index (κ3) is 4.88. The van der Waals surface area contributed by atoms with Crippen molar-refractivity contribution in [2.45, 2.75) is 32.6 Å². The SMILES string of the molecule is CC1=C(C(N)=O)SC(C)N1c1cccc(CCN2CCN(c3cccc4nc(C)ccc34)CC2)c1. The second-order valence-corrected chi connectivity index (χ2v) is 10.7. The number of thioether (sulfide) groups is 1. The van der Waals surface area contributed by atoms with Gasteiger partial charge in [0.25, 0.3) is 5.91 Å². The van der Waals surface area contributed by atoms with Gasteiger partial charge in [-0.1, -0.05) is 30.0 Å². The molecule has 2 aliphatic heterocycles. The number of rotatable bonds is 6. The van der Waals surface area contributed by atoms with Crippen molar-refractivity contribution in [1.82, 2.24) is 9.88 Å². The maximum absolute atomic E-state index is 11.8. The van der Waals surface area contributed by atoms with Crippen LogP contribution in [0.4, 0.5) is 11.4 Å². The van der Waals surface area contributed by atoms with E-state index in [0.29, 0.717) is 4.91 Å². The number of aromatic nitrogens is 1. The number of pyridine rings is 1. The topological polar surface area (TPSA) is 65.7 Å². The molecule has 2 aliphatic rings. The van der Waals surface area contributed by atoms with Crippen LogP contribution in [0.25, 0.3) is 10.9 Å². The summed E-state index contributed by atoms with van der Waals surface area (Å²) in [6.45, 7) is 11.3. The van der Waals surface area contributed by atoms with E-state index >= 15 is 0 Å². The summed E-state index contributed by atoms with van der Waals surface area (Å²) < 4.78 is 0. The highest BCUT2D eigenvalue weighted by atomic mass is 32.2. The third-order valence-electron chi connectivity index (χ3n) is 7.03. The van der Waals surface area contributed by atoms with E-state index in [-0.39, 0.29) is 11.3 Å². The van der Waals surface area contributed by atoms with Gasteiger partial charge < -0.3 is 15.5 Å². The monoisotopic (exact) mass is 487 g/mol. The molecule has 1 fully saturated rings. The number of aryl methyl sites for hydroxylation is 1. The van der Waals surface area contributed by atoms with Crippen LogP contribution in [0.3, 0.4) is 0 Å². The minimum Gasteiger partial charge on any atom is -0.368 e. The zero-order valence-electron chi connectivity index (χ0n) is 20.7. The lowest BCUT2D eigenvalue weighted by Crippen LogP contribution is -2.47. The number of carbonyl (C=O) groups excluding carboxylic acids is 1. The fraction of sp³-hybridized carbons (Fsp3) is 0.357. The van der Waals surface area contributed by atoms with Gasteiger partial charge in [-0.25, -0.2) is 0 Å². The molecule has 3 heterocycles. The van der Waals surface area contributed by atoms with Crippen LogP contribution in [0.15, 0.2) is 65.2 Å². The normalized spacial score (nSPS) is 19.1. The van der Waals surface area contributed by atoms with Gasteiger partial charge >= 0.3 is 0 Å². The molecule has 3 aromatic rings. The maximum Gasteiger partial charge on any atom is 0.256 e. The summed E-state index contributed by atoms with van der Waals surface area (Å²) in [6, 6.07) is 19.4. The number of nitrogens with zero attached hydrogens (tertiary/aromatic N) is 4. The zero-order chi connectivity index (χ0) is 24.5. The van der Waals surface area contributed by atoms with Crippen LogP contribution in [-0.4, -0.2) is 53.9 Å². The largest absolute Gasteiger partial charge is 0.368 e. The Balaban J connectivity index is 1.21. The van der Waals surface area contributed by atoms with E-state index in [4.69, 9.17) is 10.7 Å². The maximum atomic E-state index is 11.8. The molecule has 0 radical (unpaired) electrons. The Morgan fingerprint density at radius 2 is 1.83 bits per heavy atom. The Labute approximate surface area is 211 Å². The van der Waals surface area contributed by atoms with Gasteiger partial charge in [-0.2, -0.15) is 0 Å². The van der Waals surface area contributed by atoms with Crippen molar-refractivity contribution in [3.05, 3.63) is 76.5 Å². The summed E-state index contributed by atoms with van der Waals surface area (Å²) in [5, 5.41) is 1.40. The van der Waals surface area contributed by atoms with Gasteiger partial charge in [-0.05, 0) is 69.2 Å². The number of primary amides is 1. The first kappa shape index (κ1) is 23.7. The lowest BCUT2D eigenvalue weighted by atomic mass is 10.1. The summed E-state index contributed by atoms with van der Waals surface area (Å²) >= 11 is 1.54. The number of hydrogen-bond donors (Lipinski definition) is 1. The minimum atomic E-state index is -0.341. The molecule has 7 heteroatoms. The Hall–Kier alpha value is -3.03. The molecule has 0 spiro atoms. The summed E-state index contributed by atoms with van der Waals surface area (Å²) in [5.74, 6) is -0.341. The van der Waals surface area contributed by atoms with Gasteiger partial charge in [0, 0.05) is 60.9 Å². The molecule has 1 atom stereocenters. The number of carbonyl (C=O) groups is 1. The quantitative estimate of drug-likeness (QED) is 0.551. The van der Waals surface area contributed by atoms with Crippen molar-refractivity contribution in [2.75, 3.05) is 42.5 Å². The van der Waals surface area contributed by atoms with Gasteiger partial charge in [0.1, 0.15) is 0 Å². The van der Waals surface area contributed by atoms with E-state index in [1.54, 1.807) is 11.8 Å². The van der Waals surface area contributed by atoms with Crippen molar-refractivity contribution in [2.24, 2.45) is 5.73 Å². The summed E-state index contributed by atoms with van der Waals surface area (Å²) in [4.78, 5) is 24.4. The number of allylic oxidation sites excluding steroid dienone is 1. The van der Waals surface area contributed by atoms with Gasteiger partial charge in [0.2, 0.25) is 0 Å². The van der Waals surface area contributed by atoms with Gasteiger partial charge in [0.15, 0.2) is 0 Å². The number of amides is 1. The summed E-state index contributed by atoms with van der Waals surface area (Å²) in [5.41, 5.74) is 12.4. The van der Waals surface area contributed by atoms with Crippen LogP contribution in [0, 0.1) is 6.92 Å². The molecule has 1 saturated heterocycles. The molecule has 35 heavy (non-hydrogen) atoms. The minimum absolute atomic E-state index is 0.161. The van der Waals surface area contributed by atoms with Crippen LogP contribution >= 0.6 is 11.8 Å². The van der Waals surface area contributed by atoms with Gasteiger partial charge in [-0.15, -0.1) is 0 Å². The first-order valence-corrected chi connectivity index (χ1v) is 13.2. The molecule has 2 N–H and O–H groups in total. The number of piperazine rings is 1. The van der Waals surface area contributed by atoms with Crippen LogP contribution in [0.5, 0.6) is 0 Å². The van der Waals surface area contributed by atoms with Crippen LogP contribution in [-0.2, 0) is 11.2 Å². The highest BCUT2D eigenvalue weighted by Crippen LogP contribution is 2.40. The van der Waals surface area contributed by atoms with E-state index < -0.39 is 0 Å². The third-order valence-corrected chi connectivity index (χ3v) is 8.32. The number of nitrogens with two attached hydrogens (primary N) is 1. The molecule has 0 aliphatic carbocycles. The summed E-state index contributed by atoms with van der Waals surface area (Å²) in [7, 11) is 0. The number of fused-ring (bicyclic) bond motifs is 1. The number of hydrogen-bond acceptors (Lipinski definition) is 6. The molecule has 5 rings (SSSR count). The second-order valence-electron chi connectivity index (χ2n) is 9.41. The summed E-state index contributed by atoms with van der Waals surface area (Å²) in [6.07, 6.45) is 1.01. The Morgan fingerprint density at radius 3 is 2.57 bits per heavy atom. The highest BCUT2D eigenvalue weighted by molar-refractivity contribution is 8.05. The van der Waals surface area contributed by atoms with E-state index in [1.807, 2.05) is 13.8 Å². The first-order chi connectivity index (χ1) is 16.9. The van der Waals surface area contributed by atoms with Crippen molar-refractivity contribution in [3.63, 3.8) is 0 Å². The molecule has 2 aromatic carbocycles.